The van der Waals surface area contributed by atoms with Crippen molar-refractivity contribution in [2.24, 2.45) is 0 Å². The van der Waals surface area contributed by atoms with Gasteiger partial charge in [-0.05, 0) is 55.3 Å². The number of benzene rings is 2. The summed E-state index contributed by atoms with van der Waals surface area (Å²) in [5.74, 6) is -0.953. The lowest BCUT2D eigenvalue weighted by Gasteiger charge is -2.29. The summed E-state index contributed by atoms with van der Waals surface area (Å²) < 4.78 is 15.7. The molecule has 0 saturated carbocycles. The molecule has 2 aromatic carbocycles. The van der Waals surface area contributed by atoms with Crippen LogP contribution in [0.25, 0.3) is 5.70 Å². The fraction of sp³-hybridized carbons (Fsp3) is 0.273. The first kappa shape index (κ1) is 23.4. The van der Waals surface area contributed by atoms with E-state index < -0.39 is 34.4 Å². The number of urea groups is 1. The standard InChI is InChI=1S/C22H23N3O8/c1-4-32-16-11-13(10-15(20(16)26)25(29)30)19-17(21(27)33-5-2)18(23-22(28)24-19)12-6-8-14(31-3)9-7-12/h6-11,19,26H,4-5H2,1-3H3,(H2,23,24,28). The van der Waals surface area contributed by atoms with E-state index in [0.29, 0.717) is 11.3 Å². The molecule has 1 unspecified atom stereocenters. The Morgan fingerprint density at radius 2 is 1.88 bits per heavy atom. The topological polar surface area (TPSA) is 149 Å². The first-order valence-corrected chi connectivity index (χ1v) is 10.1. The van der Waals surface area contributed by atoms with Crippen molar-refractivity contribution >= 4 is 23.4 Å². The predicted octanol–water partition coefficient (Wildman–Crippen LogP) is 3.04. The van der Waals surface area contributed by atoms with E-state index in [0.717, 1.165) is 6.07 Å². The summed E-state index contributed by atoms with van der Waals surface area (Å²) in [4.78, 5) is 36.3. The van der Waals surface area contributed by atoms with Crippen LogP contribution in [0.2, 0.25) is 0 Å². The molecule has 33 heavy (non-hydrogen) atoms. The molecular weight excluding hydrogens is 434 g/mol. The number of ether oxygens (including phenoxy) is 3. The van der Waals surface area contributed by atoms with Gasteiger partial charge in [0.25, 0.3) is 0 Å². The van der Waals surface area contributed by atoms with Crippen LogP contribution in [-0.4, -0.2) is 42.4 Å². The lowest BCUT2D eigenvalue weighted by atomic mass is 9.92. The summed E-state index contributed by atoms with van der Waals surface area (Å²) in [5.41, 5.74) is 0.240. The van der Waals surface area contributed by atoms with Crippen molar-refractivity contribution in [3.05, 3.63) is 63.2 Å². The van der Waals surface area contributed by atoms with Gasteiger partial charge in [-0.3, -0.25) is 10.1 Å². The van der Waals surface area contributed by atoms with Crippen molar-refractivity contribution in [1.29, 1.82) is 0 Å². The molecule has 2 aromatic rings. The molecule has 1 atom stereocenters. The third kappa shape index (κ3) is 4.81. The fourth-order valence-electron chi connectivity index (χ4n) is 3.41. The molecule has 2 amide bonds. The Balaban J connectivity index is 2.25. The number of rotatable bonds is 8. The van der Waals surface area contributed by atoms with Gasteiger partial charge < -0.3 is 30.0 Å². The van der Waals surface area contributed by atoms with Crippen molar-refractivity contribution in [2.45, 2.75) is 19.9 Å². The number of carbonyl (C=O) groups excluding carboxylic acids is 2. The Labute approximate surface area is 189 Å². The first-order chi connectivity index (χ1) is 15.8. The van der Waals surface area contributed by atoms with E-state index in [4.69, 9.17) is 14.2 Å². The molecule has 0 spiro atoms. The highest BCUT2D eigenvalue weighted by atomic mass is 16.6. The molecule has 0 saturated heterocycles. The number of hydrogen-bond donors (Lipinski definition) is 3. The smallest absolute Gasteiger partial charge is 0.338 e. The molecule has 0 fully saturated rings. The highest BCUT2D eigenvalue weighted by Crippen LogP contribution is 2.41. The molecule has 11 heteroatoms. The number of esters is 1. The average molecular weight is 457 g/mol. The summed E-state index contributed by atoms with van der Waals surface area (Å²) in [5, 5.41) is 27.0. The quantitative estimate of drug-likeness (QED) is 0.311. The van der Waals surface area contributed by atoms with Crippen LogP contribution in [0.3, 0.4) is 0 Å². The molecule has 3 N–H and O–H groups in total. The second kappa shape index (κ2) is 9.90. The van der Waals surface area contributed by atoms with Crippen LogP contribution < -0.4 is 20.1 Å². The molecule has 1 aliphatic rings. The highest BCUT2D eigenvalue weighted by Gasteiger charge is 2.36. The number of nitrogens with one attached hydrogen (secondary N) is 2. The number of aromatic hydroxyl groups is 1. The third-order valence-electron chi connectivity index (χ3n) is 4.85. The van der Waals surface area contributed by atoms with Crippen LogP contribution in [0, 0.1) is 10.1 Å². The highest BCUT2D eigenvalue weighted by molar-refractivity contribution is 6.04. The third-order valence-corrected chi connectivity index (χ3v) is 4.85. The minimum Gasteiger partial charge on any atom is -0.500 e. The predicted molar refractivity (Wildman–Crippen MR) is 117 cm³/mol. The lowest BCUT2D eigenvalue weighted by molar-refractivity contribution is -0.386. The molecule has 174 valence electrons. The summed E-state index contributed by atoms with van der Waals surface area (Å²) in [7, 11) is 1.51. The Bertz CT molecular complexity index is 1110. The van der Waals surface area contributed by atoms with Gasteiger partial charge in [0.1, 0.15) is 5.75 Å². The molecule has 1 heterocycles. The maximum atomic E-state index is 13.0. The van der Waals surface area contributed by atoms with Gasteiger partial charge in [-0.15, -0.1) is 0 Å². The van der Waals surface area contributed by atoms with Gasteiger partial charge in [0.15, 0.2) is 5.75 Å². The largest absolute Gasteiger partial charge is 0.500 e. The van der Waals surface area contributed by atoms with E-state index in [1.165, 1.54) is 13.2 Å². The van der Waals surface area contributed by atoms with Crippen molar-refractivity contribution in [1.82, 2.24) is 10.6 Å². The zero-order valence-corrected chi connectivity index (χ0v) is 18.2. The maximum absolute atomic E-state index is 13.0. The minimum atomic E-state index is -1.12. The zero-order chi connectivity index (χ0) is 24.1. The van der Waals surface area contributed by atoms with Gasteiger partial charge in [-0.1, -0.05) is 0 Å². The van der Waals surface area contributed by atoms with E-state index in [2.05, 4.69) is 10.6 Å². The van der Waals surface area contributed by atoms with E-state index in [9.17, 15) is 24.8 Å². The molecule has 0 aromatic heterocycles. The number of nitro benzene ring substituents is 1. The number of nitro groups is 1. The van der Waals surface area contributed by atoms with E-state index in [1.807, 2.05) is 0 Å². The van der Waals surface area contributed by atoms with Crippen LogP contribution >= 0.6 is 0 Å². The summed E-state index contributed by atoms with van der Waals surface area (Å²) in [6.07, 6.45) is 0. The van der Waals surface area contributed by atoms with Crippen molar-refractivity contribution in [3.63, 3.8) is 0 Å². The van der Waals surface area contributed by atoms with Gasteiger partial charge in [0.2, 0.25) is 5.75 Å². The summed E-state index contributed by atoms with van der Waals surface area (Å²) >= 11 is 0. The number of carbonyl (C=O) groups is 2. The number of nitrogens with zero attached hydrogens (tertiary/aromatic N) is 1. The van der Waals surface area contributed by atoms with Crippen LogP contribution in [0.15, 0.2) is 42.0 Å². The molecular formula is C22H23N3O8. The van der Waals surface area contributed by atoms with Crippen LogP contribution in [0.1, 0.15) is 31.0 Å². The monoisotopic (exact) mass is 457 g/mol. The molecule has 0 aliphatic carbocycles. The normalized spacial score (nSPS) is 15.4. The van der Waals surface area contributed by atoms with Gasteiger partial charge in [0.05, 0.1) is 42.6 Å². The van der Waals surface area contributed by atoms with Crippen molar-refractivity contribution in [3.8, 4) is 17.2 Å². The van der Waals surface area contributed by atoms with E-state index in [-0.39, 0.29) is 35.8 Å². The van der Waals surface area contributed by atoms with Crippen molar-refractivity contribution in [2.75, 3.05) is 20.3 Å². The second-order valence-electron chi connectivity index (χ2n) is 6.85. The first-order valence-electron chi connectivity index (χ1n) is 10.1. The zero-order valence-electron chi connectivity index (χ0n) is 18.2. The Kier molecular flexibility index (Phi) is 7.01. The van der Waals surface area contributed by atoms with Crippen molar-refractivity contribution < 1.29 is 33.8 Å². The number of methoxy groups -OCH3 is 1. The van der Waals surface area contributed by atoms with Crippen LogP contribution in [0.4, 0.5) is 10.5 Å². The number of phenols is 1. The van der Waals surface area contributed by atoms with Gasteiger partial charge in [-0.2, -0.15) is 0 Å². The fourth-order valence-corrected chi connectivity index (χ4v) is 3.41. The number of hydrogen-bond acceptors (Lipinski definition) is 8. The second-order valence-corrected chi connectivity index (χ2v) is 6.85. The molecule has 0 bridgehead atoms. The average Bonchev–Trinajstić information content (AvgIpc) is 2.80. The van der Waals surface area contributed by atoms with Gasteiger partial charge >= 0.3 is 17.7 Å². The van der Waals surface area contributed by atoms with E-state index in [1.54, 1.807) is 38.1 Å². The number of phenolic OH excluding ortho intramolecular Hbond substituents is 1. The van der Waals surface area contributed by atoms with E-state index >= 15 is 0 Å². The molecule has 3 rings (SSSR count). The Hall–Kier alpha value is -4.28. The molecule has 0 radical (unpaired) electrons. The van der Waals surface area contributed by atoms with Crippen LogP contribution in [-0.2, 0) is 9.53 Å². The molecule has 1 aliphatic heterocycles. The van der Waals surface area contributed by atoms with Gasteiger partial charge in [-0.25, -0.2) is 9.59 Å². The number of amides is 2. The SMILES string of the molecule is CCOC(=O)C1=C(c2ccc(OC)cc2)NC(=O)NC1c1cc(OCC)c(O)c([N+](=O)[O-])c1. The summed E-state index contributed by atoms with van der Waals surface area (Å²) in [6, 6.07) is 7.30. The lowest BCUT2D eigenvalue weighted by Crippen LogP contribution is -2.45. The van der Waals surface area contributed by atoms with Crippen LogP contribution in [0.5, 0.6) is 17.2 Å². The Morgan fingerprint density at radius 1 is 1.18 bits per heavy atom. The minimum absolute atomic E-state index is 0.0315. The molecule has 11 nitrogen and oxygen atoms in total. The van der Waals surface area contributed by atoms with Gasteiger partial charge in [0, 0.05) is 6.07 Å². The summed E-state index contributed by atoms with van der Waals surface area (Å²) in [6.45, 7) is 3.48. The Morgan fingerprint density at radius 3 is 2.45 bits per heavy atom. The maximum Gasteiger partial charge on any atom is 0.338 e.